The summed E-state index contributed by atoms with van der Waals surface area (Å²) in [6, 6.07) is -0.0160. The fraction of sp³-hybridized carbons (Fsp3) is 0.895. The molecular weight excluding hydrogens is 368 g/mol. The zero-order valence-corrected chi connectivity index (χ0v) is 17.1. The molecule has 0 N–H and O–H groups in total. The van der Waals surface area contributed by atoms with Gasteiger partial charge in [0.15, 0.2) is 9.84 Å². The Morgan fingerprint density at radius 2 is 1.81 bits per heavy atom. The van der Waals surface area contributed by atoms with Crippen LogP contribution in [0.2, 0.25) is 0 Å². The van der Waals surface area contributed by atoms with Crippen molar-refractivity contribution >= 4 is 21.7 Å². The van der Waals surface area contributed by atoms with E-state index < -0.39 is 9.84 Å². The number of rotatable bonds is 6. The molecule has 0 radical (unpaired) electrons. The van der Waals surface area contributed by atoms with Crippen LogP contribution in [-0.2, 0) is 24.2 Å². The molecule has 2 unspecified atom stereocenters. The summed E-state index contributed by atoms with van der Waals surface area (Å²) in [5.74, 6) is -0.0419. The van der Waals surface area contributed by atoms with Crippen LogP contribution in [0.1, 0.15) is 51.9 Å². The molecule has 3 aliphatic rings. The maximum atomic E-state index is 13.2. The van der Waals surface area contributed by atoms with Gasteiger partial charge < -0.3 is 9.64 Å². The van der Waals surface area contributed by atoms with E-state index in [2.05, 4.69) is 0 Å². The number of carbonyl (C=O) groups is 2. The summed E-state index contributed by atoms with van der Waals surface area (Å²) in [5.41, 5.74) is 0. The highest BCUT2D eigenvalue weighted by molar-refractivity contribution is 7.91. The van der Waals surface area contributed by atoms with Gasteiger partial charge in [0.25, 0.3) is 0 Å². The fourth-order valence-electron chi connectivity index (χ4n) is 4.81. The second-order valence-electron chi connectivity index (χ2n) is 8.12. The predicted octanol–water partition coefficient (Wildman–Crippen LogP) is 1.22. The highest BCUT2D eigenvalue weighted by atomic mass is 32.2. The van der Waals surface area contributed by atoms with Gasteiger partial charge in [-0.05, 0) is 45.6 Å². The molecule has 0 aromatic rings. The Balaban J connectivity index is 1.64. The van der Waals surface area contributed by atoms with E-state index in [1.165, 1.54) is 0 Å². The second kappa shape index (κ2) is 8.90. The van der Waals surface area contributed by atoms with Gasteiger partial charge in [0, 0.05) is 18.6 Å². The molecule has 27 heavy (non-hydrogen) atoms. The van der Waals surface area contributed by atoms with E-state index in [4.69, 9.17) is 4.74 Å². The van der Waals surface area contributed by atoms with Gasteiger partial charge in [-0.3, -0.25) is 14.5 Å². The van der Waals surface area contributed by atoms with Crippen molar-refractivity contribution in [1.82, 2.24) is 9.80 Å². The topological polar surface area (TPSA) is 84.0 Å². The SMILES string of the molecule is CCOC(=O)C1CCCN(CC(=O)N(C2CCCC2)C2CCS(=O)(=O)C2)C1. The molecule has 2 saturated heterocycles. The molecule has 0 bridgehead atoms. The van der Waals surface area contributed by atoms with Crippen LogP contribution < -0.4 is 0 Å². The molecule has 0 spiro atoms. The van der Waals surface area contributed by atoms with E-state index in [1.807, 2.05) is 9.80 Å². The zero-order valence-electron chi connectivity index (χ0n) is 16.3. The first-order valence-corrected chi connectivity index (χ1v) is 12.1. The highest BCUT2D eigenvalue weighted by Gasteiger charge is 2.39. The number of amides is 1. The summed E-state index contributed by atoms with van der Waals surface area (Å²) in [7, 11) is -3.03. The summed E-state index contributed by atoms with van der Waals surface area (Å²) in [4.78, 5) is 29.1. The number of carbonyl (C=O) groups excluding carboxylic acids is 2. The van der Waals surface area contributed by atoms with Crippen LogP contribution in [0.3, 0.4) is 0 Å². The molecule has 3 rings (SSSR count). The molecule has 1 saturated carbocycles. The molecule has 2 heterocycles. The molecule has 2 atom stereocenters. The Morgan fingerprint density at radius 1 is 1.07 bits per heavy atom. The summed E-state index contributed by atoms with van der Waals surface area (Å²) in [6.07, 6.45) is 6.36. The molecule has 1 aliphatic carbocycles. The van der Waals surface area contributed by atoms with Crippen molar-refractivity contribution in [2.75, 3.05) is 37.7 Å². The van der Waals surface area contributed by atoms with Gasteiger partial charge in [-0.1, -0.05) is 12.8 Å². The third-order valence-electron chi connectivity index (χ3n) is 6.09. The minimum atomic E-state index is -3.03. The van der Waals surface area contributed by atoms with E-state index in [1.54, 1.807) is 6.92 Å². The van der Waals surface area contributed by atoms with Gasteiger partial charge >= 0.3 is 5.97 Å². The lowest BCUT2D eigenvalue weighted by Gasteiger charge is -2.37. The predicted molar refractivity (Wildman–Crippen MR) is 102 cm³/mol. The first-order chi connectivity index (χ1) is 12.9. The summed E-state index contributed by atoms with van der Waals surface area (Å²) >= 11 is 0. The van der Waals surface area contributed by atoms with Crippen molar-refractivity contribution < 1.29 is 22.7 Å². The van der Waals surface area contributed by atoms with Gasteiger partial charge in [-0.2, -0.15) is 0 Å². The van der Waals surface area contributed by atoms with Crippen molar-refractivity contribution in [1.29, 1.82) is 0 Å². The Bertz CT molecular complexity index is 644. The second-order valence-corrected chi connectivity index (χ2v) is 10.4. The molecule has 1 amide bonds. The maximum absolute atomic E-state index is 13.2. The van der Waals surface area contributed by atoms with Gasteiger partial charge in [-0.25, -0.2) is 8.42 Å². The van der Waals surface area contributed by atoms with E-state index >= 15 is 0 Å². The molecule has 8 heteroatoms. The summed E-state index contributed by atoms with van der Waals surface area (Å²) < 4.78 is 29.0. The average molecular weight is 401 g/mol. The molecule has 0 aromatic carbocycles. The van der Waals surface area contributed by atoms with Gasteiger partial charge in [0.1, 0.15) is 0 Å². The van der Waals surface area contributed by atoms with Crippen LogP contribution in [-0.4, -0.2) is 79.9 Å². The van der Waals surface area contributed by atoms with E-state index in [0.717, 1.165) is 45.1 Å². The fourth-order valence-corrected chi connectivity index (χ4v) is 6.52. The summed E-state index contributed by atoms with van der Waals surface area (Å²) in [6.45, 7) is 3.79. The Kier molecular flexibility index (Phi) is 6.78. The lowest BCUT2D eigenvalue weighted by Crippen LogP contribution is -2.52. The van der Waals surface area contributed by atoms with Gasteiger partial charge in [0.2, 0.25) is 5.91 Å². The minimum Gasteiger partial charge on any atom is -0.466 e. The highest BCUT2D eigenvalue weighted by Crippen LogP contribution is 2.29. The van der Waals surface area contributed by atoms with Crippen LogP contribution in [0.25, 0.3) is 0 Å². The number of sulfone groups is 1. The normalized spacial score (nSPS) is 28.9. The molecule has 154 valence electrons. The lowest BCUT2D eigenvalue weighted by atomic mass is 9.98. The van der Waals surface area contributed by atoms with Crippen LogP contribution in [0.4, 0.5) is 0 Å². The zero-order chi connectivity index (χ0) is 19.4. The van der Waals surface area contributed by atoms with Crippen LogP contribution in [0.5, 0.6) is 0 Å². The average Bonchev–Trinajstić information content (AvgIpc) is 3.26. The third kappa shape index (κ3) is 5.22. The van der Waals surface area contributed by atoms with Crippen molar-refractivity contribution in [3.63, 3.8) is 0 Å². The number of ether oxygens (including phenoxy) is 1. The minimum absolute atomic E-state index is 0.0218. The largest absolute Gasteiger partial charge is 0.466 e. The van der Waals surface area contributed by atoms with E-state index in [9.17, 15) is 18.0 Å². The molecule has 7 nitrogen and oxygen atoms in total. The molecule has 0 aromatic heterocycles. The van der Waals surface area contributed by atoms with Crippen LogP contribution in [0.15, 0.2) is 0 Å². The van der Waals surface area contributed by atoms with Crippen molar-refractivity contribution in [3.8, 4) is 0 Å². The number of piperidine rings is 1. The van der Waals surface area contributed by atoms with Gasteiger partial charge in [0.05, 0.1) is 30.6 Å². The monoisotopic (exact) mass is 400 g/mol. The number of hydrogen-bond acceptors (Lipinski definition) is 6. The Hall–Kier alpha value is -1.15. The summed E-state index contributed by atoms with van der Waals surface area (Å²) in [5, 5.41) is 0. The first-order valence-electron chi connectivity index (χ1n) is 10.3. The smallest absolute Gasteiger partial charge is 0.310 e. The third-order valence-corrected chi connectivity index (χ3v) is 7.84. The number of hydrogen-bond donors (Lipinski definition) is 0. The molecule has 3 fully saturated rings. The van der Waals surface area contributed by atoms with Crippen molar-refractivity contribution in [3.05, 3.63) is 0 Å². The Morgan fingerprint density at radius 3 is 2.44 bits per heavy atom. The van der Waals surface area contributed by atoms with Gasteiger partial charge in [-0.15, -0.1) is 0 Å². The van der Waals surface area contributed by atoms with E-state index in [0.29, 0.717) is 19.6 Å². The number of likely N-dealkylation sites (tertiary alicyclic amines) is 1. The standard InChI is InChI=1S/C19H32N2O5S/c1-2-26-19(23)15-6-5-10-20(12-15)13-18(22)21(16-7-3-4-8-16)17-9-11-27(24,25)14-17/h15-17H,2-14H2,1H3. The molecule has 2 aliphatic heterocycles. The van der Waals surface area contributed by atoms with Crippen molar-refractivity contribution in [2.45, 2.75) is 64.0 Å². The Labute approximate surface area is 162 Å². The lowest BCUT2D eigenvalue weighted by molar-refractivity contribution is -0.151. The maximum Gasteiger partial charge on any atom is 0.310 e. The quantitative estimate of drug-likeness (QED) is 0.624. The molecular formula is C19H32N2O5S. The van der Waals surface area contributed by atoms with Crippen molar-refractivity contribution in [2.24, 2.45) is 5.92 Å². The van der Waals surface area contributed by atoms with Crippen LogP contribution in [0, 0.1) is 5.92 Å². The van der Waals surface area contributed by atoms with Crippen LogP contribution >= 0.6 is 0 Å². The van der Waals surface area contributed by atoms with E-state index in [-0.39, 0.29) is 47.9 Å². The number of nitrogens with zero attached hydrogens (tertiary/aromatic N) is 2. The number of esters is 1. The first kappa shape index (κ1) is 20.6.